The first-order valence-electron chi connectivity index (χ1n) is 5.54. The quantitative estimate of drug-likeness (QED) is 0.260. The van der Waals surface area contributed by atoms with Crippen LogP contribution in [0.1, 0.15) is 13.8 Å². The first kappa shape index (κ1) is 17.6. The van der Waals surface area contributed by atoms with E-state index in [1.807, 2.05) is 0 Å². The molecule has 0 bridgehead atoms. The van der Waals surface area contributed by atoms with E-state index >= 15 is 0 Å². The summed E-state index contributed by atoms with van der Waals surface area (Å²) in [6, 6.07) is 0. The molecule has 0 fully saturated rings. The summed E-state index contributed by atoms with van der Waals surface area (Å²) in [5.74, 6) is -0.0614. The van der Waals surface area contributed by atoms with E-state index in [1.54, 1.807) is 0 Å². The molecule has 0 rings (SSSR count). The Kier molecular flexibility index (Phi) is 9.34. The molecular weight excluding hydrogens is 262 g/mol. The lowest BCUT2D eigenvalue weighted by atomic mass is 10.2. The lowest BCUT2D eigenvalue weighted by Gasteiger charge is -2.28. The van der Waals surface area contributed by atoms with Gasteiger partial charge in [-0.15, -0.1) is 0 Å². The van der Waals surface area contributed by atoms with Crippen LogP contribution in [0.2, 0.25) is 0 Å². The van der Waals surface area contributed by atoms with Gasteiger partial charge in [0, 0.05) is 12.7 Å². The molecule has 0 aromatic heterocycles. The number of carbonyl (C=O) groups is 1. The van der Waals surface area contributed by atoms with Crippen molar-refractivity contribution in [1.82, 2.24) is 5.32 Å². The van der Waals surface area contributed by atoms with Crippen molar-refractivity contribution >= 4 is 18.5 Å². The van der Waals surface area contributed by atoms with Gasteiger partial charge in [-0.2, -0.15) is 12.6 Å². The van der Waals surface area contributed by atoms with Gasteiger partial charge in [-0.05, 0) is 6.92 Å². The number of rotatable bonds is 9. The summed E-state index contributed by atoms with van der Waals surface area (Å²) in [5.41, 5.74) is 0. The molecule has 0 spiro atoms. The molecule has 0 aliphatic heterocycles. The Morgan fingerprint density at radius 1 is 1.44 bits per heavy atom. The van der Waals surface area contributed by atoms with Gasteiger partial charge in [-0.25, -0.2) is 0 Å². The number of carbonyl (C=O) groups excluding carboxylic acids is 1. The van der Waals surface area contributed by atoms with E-state index < -0.39 is 37.2 Å². The number of aliphatic hydroxyl groups excluding tert-OH is 3. The highest BCUT2D eigenvalue weighted by Gasteiger charge is 2.27. The van der Waals surface area contributed by atoms with Crippen molar-refractivity contribution in [3.05, 3.63) is 0 Å². The van der Waals surface area contributed by atoms with Crippen LogP contribution in [0.15, 0.2) is 0 Å². The third-order valence-corrected chi connectivity index (χ3v) is 2.19. The molecule has 108 valence electrons. The summed E-state index contributed by atoms with van der Waals surface area (Å²) in [4.78, 5) is 10.8. The normalized spacial score (nSPS) is 17.9. The molecule has 0 aliphatic carbocycles. The van der Waals surface area contributed by atoms with Crippen molar-refractivity contribution in [2.75, 3.05) is 19.0 Å². The van der Waals surface area contributed by atoms with Crippen molar-refractivity contribution in [2.24, 2.45) is 0 Å². The maximum atomic E-state index is 10.8. The molecule has 4 N–H and O–H groups in total. The molecule has 0 saturated heterocycles. The molecule has 2 unspecified atom stereocenters. The topological polar surface area (TPSA) is 108 Å². The monoisotopic (exact) mass is 283 g/mol. The van der Waals surface area contributed by atoms with Crippen molar-refractivity contribution in [3.63, 3.8) is 0 Å². The first-order chi connectivity index (χ1) is 8.42. The second-order valence-electron chi connectivity index (χ2n) is 3.71. The number of hydrogen-bond acceptors (Lipinski definition) is 7. The molecule has 18 heavy (non-hydrogen) atoms. The van der Waals surface area contributed by atoms with Crippen molar-refractivity contribution in [3.8, 4) is 0 Å². The SMILES string of the molecule is CC(=O)N[C@@H](O)C(OCCS)OC(CO)[C@H](C)O. The second kappa shape index (κ2) is 9.54. The minimum Gasteiger partial charge on any atom is -0.394 e. The van der Waals surface area contributed by atoms with Crippen molar-refractivity contribution in [2.45, 2.75) is 38.6 Å². The van der Waals surface area contributed by atoms with Gasteiger partial charge in [-0.1, -0.05) is 0 Å². The van der Waals surface area contributed by atoms with Gasteiger partial charge < -0.3 is 30.1 Å². The van der Waals surface area contributed by atoms with Gasteiger partial charge in [0.05, 0.1) is 19.3 Å². The number of nitrogens with one attached hydrogen (secondary N) is 1. The standard InChI is InChI=1S/C10H21NO6S/c1-6(13)8(5-12)17-10(16-3-4-18)9(15)11-7(2)14/h6,8-10,12-13,15,18H,3-5H2,1-2H3,(H,11,14)/t6-,8?,9-,10?/m0/s1. The summed E-state index contributed by atoms with van der Waals surface area (Å²) >= 11 is 3.94. The van der Waals surface area contributed by atoms with Crippen LogP contribution in [-0.2, 0) is 14.3 Å². The molecule has 0 aromatic carbocycles. The van der Waals surface area contributed by atoms with E-state index in [9.17, 15) is 15.0 Å². The van der Waals surface area contributed by atoms with Crippen LogP contribution in [0.25, 0.3) is 0 Å². The van der Waals surface area contributed by atoms with Gasteiger partial charge in [0.2, 0.25) is 12.2 Å². The van der Waals surface area contributed by atoms with Gasteiger partial charge >= 0.3 is 0 Å². The average Bonchev–Trinajstić information content (AvgIpc) is 2.27. The molecule has 0 aromatic rings. The molecular formula is C10H21NO6S. The Morgan fingerprint density at radius 2 is 2.06 bits per heavy atom. The summed E-state index contributed by atoms with van der Waals surface area (Å²) in [7, 11) is 0. The number of aliphatic hydroxyl groups is 3. The predicted molar refractivity (Wildman–Crippen MR) is 67.1 cm³/mol. The summed E-state index contributed by atoms with van der Waals surface area (Å²) < 4.78 is 10.4. The van der Waals surface area contributed by atoms with Crippen LogP contribution in [0, 0.1) is 0 Å². The first-order valence-corrected chi connectivity index (χ1v) is 6.17. The van der Waals surface area contributed by atoms with Crippen LogP contribution in [0.3, 0.4) is 0 Å². The molecule has 0 radical (unpaired) electrons. The van der Waals surface area contributed by atoms with E-state index in [2.05, 4.69) is 17.9 Å². The zero-order valence-corrected chi connectivity index (χ0v) is 11.3. The Balaban J connectivity index is 4.49. The fourth-order valence-electron chi connectivity index (χ4n) is 1.13. The van der Waals surface area contributed by atoms with Gasteiger partial charge in [-0.3, -0.25) is 4.79 Å². The molecule has 4 atom stereocenters. The third kappa shape index (κ3) is 7.14. The fraction of sp³-hybridized carbons (Fsp3) is 0.900. The minimum atomic E-state index is -1.39. The zero-order chi connectivity index (χ0) is 14.1. The maximum Gasteiger partial charge on any atom is 0.218 e. The van der Waals surface area contributed by atoms with Crippen molar-refractivity contribution in [1.29, 1.82) is 0 Å². The van der Waals surface area contributed by atoms with E-state index in [4.69, 9.17) is 14.6 Å². The Bertz CT molecular complexity index is 240. The predicted octanol–water partition coefficient (Wildman–Crippen LogP) is -1.53. The van der Waals surface area contributed by atoms with Crippen molar-refractivity contribution < 1.29 is 29.6 Å². The molecule has 7 nitrogen and oxygen atoms in total. The Labute approximate surface area is 111 Å². The molecule has 0 saturated carbocycles. The second-order valence-corrected chi connectivity index (χ2v) is 4.15. The average molecular weight is 283 g/mol. The summed E-state index contributed by atoms with van der Waals surface area (Å²) in [6.07, 6.45) is -4.44. The lowest BCUT2D eigenvalue weighted by molar-refractivity contribution is -0.238. The summed E-state index contributed by atoms with van der Waals surface area (Å²) in [5, 5.41) is 30.2. The molecule has 0 aliphatic rings. The van der Waals surface area contributed by atoms with Crippen LogP contribution in [0.4, 0.5) is 0 Å². The van der Waals surface area contributed by atoms with Gasteiger partial charge in [0.15, 0.2) is 6.23 Å². The Hall–Kier alpha value is -0.380. The molecule has 1 amide bonds. The minimum absolute atomic E-state index is 0.183. The van der Waals surface area contributed by atoms with E-state index in [0.29, 0.717) is 5.75 Å². The maximum absolute atomic E-state index is 10.8. The van der Waals surface area contributed by atoms with Crippen LogP contribution in [0.5, 0.6) is 0 Å². The van der Waals surface area contributed by atoms with Crippen LogP contribution in [-0.4, -0.2) is 64.9 Å². The summed E-state index contributed by atoms with van der Waals surface area (Å²) in [6.45, 7) is 2.41. The molecule has 8 heteroatoms. The van der Waals surface area contributed by atoms with Crippen LogP contribution >= 0.6 is 12.6 Å². The lowest BCUT2D eigenvalue weighted by Crippen LogP contribution is -2.48. The smallest absolute Gasteiger partial charge is 0.218 e. The molecule has 0 heterocycles. The van der Waals surface area contributed by atoms with E-state index in [-0.39, 0.29) is 6.61 Å². The van der Waals surface area contributed by atoms with Gasteiger partial charge in [0.25, 0.3) is 0 Å². The van der Waals surface area contributed by atoms with E-state index in [1.165, 1.54) is 13.8 Å². The fourth-order valence-corrected chi connectivity index (χ4v) is 1.24. The number of ether oxygens (including phenoxy) is 2. The zero-order valence-electron chi connectivity index (χ0n) is 10.4. The highest BCUT2D eigenvalue weighted by molar-refractivity contribution is 7.80. The number of amides is 1. The van der Waals surface area contributed by atoms with Crippen LogP contribution < -0.4 is 5.32 Å². The van der Waals surface area contributed by atoms with Gasteiger partial charge in [0.1, 0.15) is 6.10 Å². The van der Waals surface area contributed by atoms with E-state index in [0.717, 1.165) is 0 Å². The Morgan fingerprint density at radius 3 is 2.44 bits per heavy atom. The highest BCUT2D eigenvalue weighted by Crippen LogP contribution is 2.08. The largest absolute Gasteiger partial charge is 0.394 e. The highest BCUT2D eigenvalue weighted by atomic mass is 32.1. The third-order valence-electron chi connectivity index (χ3n) is 2.01. The number of thiol groups is 1. The number of hydrogen-bond donors (Lipinski definition) is 5.